The maximum Gasteiger partial charge on any atom is 0.0694 e. The van der Waals surface area contributed by atoms with Gasteiger partial charge in [-0.25, -0.2) is 0 Å². The topological polar surface area (TPSA) is 0 Å². The Balaban J connectivity index is 3.05. The Labute approximate surface area is 94.5 Å². The lowest BCUT2D eigenvalue weighted by atomic mass is 9.81. The van der Waals surface area contributed by atoms with E-state index in [0.717, 1.165) is 5.03 Å². The van der Waals surface area contributed by atoms with Gasteiger partial charge in [0.2, 0.25) is 0 Å². The van der Waals surface area contributed by atoms with Crippen LogP contribution in [0.1, 0.15) is 20.8 Å². The molecule has 0 saturated carbocycles. The first-order chi connectivity index (χ1) is 5.84. The van der Waals surface area contributed by atoms with Crippen molar-refractivity contribution < 1.29 is 0 Å². The molecule has 0 aliphatic heterocycles. The Morgan fingerprint density at radius 2 is 1.92 bits per heavy atom. The van der Waals surface area contributed by atoms with Gasteiger partial charge in [0.25, 0.3) is 0 Å². The summed E-state index contributed by atoms with van der Waals surface area (Å²) in [6.07, 6.45) is 3.63. The highest BCUT2D eigenvalue weighted by molar-refractivity contribution is 6.37. The van der Waals surface area contributed by atoms with Crippen molar-refractivity contribution in [3.05, 3.63) is 22.2 Å². The molecule has 1 rings (SSSR count). The van der Waals surface area contributed by atoms with Gasteiger partial charge in [0.05, 0.1) is 4.87 Å². The summed E-state index contributed by atoms with van der Waals surface area (Å²) in [6, 6.07) is 0. The van der Waals surface area contributed by atoms with Gasteiger partial charge in [0.1, 0.15) is 0 Å². The lowest BCUT2D eigenvalue weighted by Crippen LogP contribution is -2.32. The third kappa shape index (κ3) is 2.43. The van der Waals surface area contributed by atoms with Gasteiger partial charge >= 0.3 is 0 Å². The summed E-state index contributed by atoms with van der Waals surface area (Å²) in [6.45, 7) is 6.15. The third-order valence-electron chi connectivity index (χ3n) is 2.27. The number of allylic oxidation sites excluding steroid dienone is 4. The van der Waals surface area contributed by atoms with Crippen LogP contribution in [0, 0.1) is 11.8 Å². The molecular weight excluding hydrogens is 226 g/mol. The summed E-state index contributed by atoms with van der Waals surface area (Å²) < 4.78 is 0. The van der Waals surface area contributed by atoms with Gasteiger partial charge in [0, 0.05) is 16.0 Å². The smallest absolute Gasteiger partial charge is 0.0694 e. The van der Waals surface area contributed by atoms with Crippen LogP contribution in [-0.4, -0.2) is 4.87 Å². The fraction of sp³-hybridized carbons (Fsp3) is 0.600. The SMILES string of the molecule is CC(C)C1C(Cl)=CC(Cl)=CC1(C)Cl. The zero-order valence-corrected chi connectivity index (χ0v) is 10.2. The van der Waals surface area contributed by atoms with E-state index in [1.807, 2.05) is 13.0 Å². The standard InChI is InChI=1S/C10H13Cl3/c1-6(2)9-8(12)4-7(11)5-10(9,3)13/h4-6,9H,1-3H3. The molecule has 0 fully saturated rings. The van der Waals surface area contributed by atoms with Crippen LogP contribution in [0.2, 0.25) is 0 Å². The number of hydrogen-bond acceptors (Lipinski definition) is 0. The lowest BCUT2D eigenvalue weighted by Gasteiger charge is -2.35. The van der Waals surface area contributed by atoms with E-state index in [4.69, 9.17) is 34.8 Å². The Kier molecular flexibility index (Phi) is 3.38. The minimum absolute atomic E-state index is 0.151. The number of hydrogen-bond donors (Lipinski definition) is 0. The molecule has 0 aromatic rings. The summed E-state index contributed by atoms with van der Waals surface area (Å²) in [5.74, 6) is 0.561. The second-order valence-corrected chi connectivity index (χ2v) is 5.62. The molecule has 0 N–H and O–H groups in total. The largest absolute Gasteiger partial charge is 0.114 e. The molecule has 74 valence electrons. The molecule has 0 radical (unpaired) electrons. The first kappa shape index (κ1) is 11.4. The highest BCUT2D eigenvalue weighted by atomic mass is 35.5. The van der Waals surface area contributed by atoms with E-state index in [0.29, 0.717) is 11.0 Å². The molecule has 0 aromatic carbocycles. The van der Waals surface area contributed by atoms with Crippen molar-refractivity contribution in [2.45, 2.75) is 25.6 Å². The quantitative estimate of drug-likeness (QED) is 0.591. The first-order valence-electron chi connectivity index (χ1n) is 4.29. The predicted molar refractivity (Wildman–Crippen MR) is 60.5 cm³/mol. The third-order valence-corrected chi connectivity index (χ3v) is 3.17. The molecule has 0 saturated heterocycles. The van der Waals surface area contributed by atoms with Gasteiger partial charge in [-0.3, -0.25) is 0 Å². The van der Waals surface area contributed by atoms with Crippen molar-refractivity contribution in [1.29, 1.82) is 0 Å². The maximum atomic E-state index is 6.34. The van der Waals surface area contributed by atoms with Crippen LogP contribution in [0.3, 0.4) is 0 Å². The Morgan fingerprint density at radius 1 is 1.38 bits per heavy atom. The van der Waals surface area contributed by atoms with Gasteiger partial charge in [-0.15, -0.1) is 11.6 Å². The molecule has 13 heavy (non-hydrogen) atoms. The normalized spacial score (nSPS) is 34.5. The zero-order valence-electron chi connectivity index (χ0n) is 7.94. The molecule has 0 spiro atoms. The second kappa shape index (κ2) is 3.84. The van der Waals surface area contributed by atoms with Crippen LogP contribution in [0.5, 0.6) is 0 Å². The molecule has 2 atom stereocenters. The van der Waals surface area contributed by atoms with Crippen LogP contribution in [0.15, 0.2) is 22.2 Å². The molecule has 0 bridgehead atoms. The lowest BCUT2D eigenvalue weighted by molar-refractivity contribution is 0.395. The molecule has 2 unspecified atom stereocenters. The van der Waals surface area contributed by atoms with E-state index in [1.54, 1.807) is 6.08 Å². The summed E-state index contributed by atoms with van der Waals surface area (Å²) in [4.78, 5) is -0.461. The summed E-state index contributed by atoms with van der Waals surface area (Å²) in [5, 5.41) is 1.37. The van der Waals surface area contributed by atoms with Crippen molar-refractivity contribution in [3.63, 3.8) is 0 Å². The van der Waals surface area contributed by atoms with Gasteiger partial charge in [-0.2, -0.15) is 0 Å². The highest BCUT2D eigenvalue weighted by Gasteiger charge is 2.37. The highest BCUT2D eigenvalue weighted by Crippen LogP contribution is 2.43. The molecule has 0 heterocycles. The Hall–Kier alpha value is 0.350. The van der Waals surface area contributed by atoms with Crippen molar-refractivity contribution >= 4 is 34.8 Å². The zero-order chi connectivity index (χ0) is 10.2. The summed E-state index contributed by atoms with van der Waals surface area (Å²) in [5.41, 5.74) is 0. The van der Waals surface area contributed by atoms with E-state index in [-0.39, 0.29) is 5.92 Å². The van der Waals surface area contributed by atoms with Gasteiger partial charge in [-0.1, -0.05) is 37.0 Å². The Morgan fingerprint density at radius 3 is 2.31 bits per heavy atom. The van der Waals surface area contributed by atoms with Gasteiger partial charge in [0.15, 0.2) is 0 Å². The fourth-order valence-corrected chi connectivity index (χ4v) is 3.46. The van der Waals surface area contributed by atoms with Crippen LogP contribution in [-0.2, 0) is 0 Å². The monoisotopic (exact) mass is 238 g/mol. The van der Waals surface area contributed by atoms with Gasteiger partial charge < -0.3 is 0 Å². The Bertz CT molecular complexity index is 261. The average molecular weight is 240 g/mol. The maximum absolute atomic E-state index is 6.34. The van der Waals surface area contributed by atoms with Crippen molar-refractivity contribution in [2.24, 2.45) is 11.8 Å². The van der Waals surface area contributed by atoms with E-state index in [9.17, 15) is 0 Å². The van der Waals surface area contributed by atoms with Crippen molar-refractivity contribution in [3.8, 4) is 0 Å². The summed E-state index contributed by atoms with van der Waals surface area (Å²) in [7, 11) is 0. The minimum atomic E-state index is -0.461. The van der Waals surface area contributed by atoms with Crippen LogP contribution < -0.4 is 0 Å². The van der Waals surface area contributed by atoms with E-state index >= 15 is 0 Å². The molecule has 1 aliphatic carbocycles. The molecular formula is C10H13Cl3. The van der Waals surface area contributed by atoms with E-state index < -0.39 is 4.87 Å². The van der Waals surface area contributed by atoms with Crippen LogP contribution in [0.25, 0.3) is 0 Å². The van der Waals surface area contributed by atoms with Crippen LogP contribution in [0.4, 0.5) is 0 Å². The van der Waals surface area contributed by atoms with Crippen LogP contribution >= 0.6 is 34.8 Å². The molecule has 0 nitrogen and oxygen atoms in total. The first-order valence-corrected chi connectivity index (χ1v) is 5.42. The second-order valence-electron chi connectivity index (χ2n) is 3.93. The van der Waals surface area contributed by atoms with Crippen molar-refractivity contribution in [1.82, 2.24) is 0 Å². The van der Waals surface area contributed by atoms with Gasteiger partial charge in [-0.05, 0) is 25.0 Å². The predicted octanol–water partition coefficient (Wildman–Crippen LogP) is 4.52. The number of rotatable bonds is 1. The number of halogens is 3. The average Bonchev–Trinajstić information content (AvgIpc) is 1.78. The van der Waals surface area contributed by atoms with E-state index in [1.165, 1.54) is 0 Å². The molecule has 1 aliphatic rings. The van der Waals surface area contributed by atoms with E-state index in [2.05, 4.69) is 13.8 Å². The summed E-state index contributed by atoms with van der Waals surface area (Å²) >= 11 is 18.3. The number of alkyl halides is 1. The van der Waals surface area contributed by atoms with Crippen molar-refractivity contribution in [2.75, 3.05) is 0 Å². The minimum Gasteiger partial charge on any atom is -0.114 e. The fourth-order valence-electron chi connectivity index (χ4n) is 1.86. The molecule has 0 aromatic heterocycles. The molecule has 3 heteroatoms. The molecule has 0 amide bonds.